The molecule has 3 rings (SSSR count). The lowest BCUT2D eigenvalue weighted by Crippen LogP contribution is -2.21. The van der Waals surface area contributed by atoms with Gasteiger partial charge in [-0.3, -0.25) is 0 Å². The molecule has 3 aromatic carbocycles. The Morgan fingerprint density at radius 1 is 0.676 bits per heavy atom. The number of rotatable bonds is 12. The highest BCUT2D eigenvalue weighted by molar-refractivity contribution is 7.91. The molecule has 0 radical (unpaired) electrons. The third-order valence-corrected chi connectivity index (χ3v) is 8.77. The molecule has 0 aliphatic heterocycles. The summed E-state index contributed by atoms with van der Waals surface area (Å²) in [6.45, 7) is 14.3. The van der Waals surface area contributed by atoms with E-state index in [2.05, 4.69) is 61.8 Å². The van der Waals surface area contributed by atoms with Gasteiger partial charge in [0.15, 0.2) is 9.84 Å². The van der Waals surface area contributed by atoms with Crippen molar-refractivity contribution in [3.8, 4) is 0 Å². The van der Waals surface area contributed by atoms with E-state index < -0.39 is 15.1 Å². The maximum Gasteiger partial charge on any atom is 0.188 e. The zero-order chi connectivity index (χ0) is 26.8. The van der Waals surface area contributed by atoms with Gasteiger partial charge in [-0.25, -0.2) is 8.42 Å². The Kier molecular flexibility index (Phi) is 10.2. The Morgan fingerprint density at radius 3 is 1.65 bits per heavy atom. The molecule has 1 unspecified atom stereocenters. The van der Waals surface area contributed by atoms with Crippen molar-refractivity contribution in [1.29, 1.82) is 0 Å². The summed E-state index contributed by atoms with van der Waals surface area (Å²) in [6.07, 6.45) is 7.53. The van der Waals surface area contributed by atoms with E-state index >= 15 is 0 Å². The van der Waals surface area contributed by atoms with Gasteiger partial charge in [-0.05, 0) is 82.1 Å². The van der Waals surface area contributed by atoms with Crippen LogP contribution in [0, 0.1) is 6.92 Å². The highest BCUT2D eigenvalue weighted by Crippen LogP contribution is 2.32. The quantitative estimate of drug-likeness (QED) is 0.234. The Labute approximate surface area is 223 Å². The van der Waals surface area contributed by atoms with Crippen LogP contribution in [0.5, 0.6) is 0 Å². The van der Waals surface area contributed by atoms with Crippen LogP contribution in [0.3, 0.4) is 0 Å². The summed E-state index contributed by atoms with van der Waals surface area (Å²) in [6, 6.07) is 23.4. The van der Waals surface area contributed by atoms with Gasteiger partial charge in [0.2, 0.25) is 0 Å². The Balaban J connectivity index is 1.89. The zero-order valence-corrected chi connectivity index (χ0v) is 23.6. The summed E-state index contributed by atoms with van der Waals surface area (Å²) in [5.41, 5.74) is 5.16. The molecule has 0 aromatic heterocycles. The zero-order valence-electron chi connectivity index (χ0n) is 22.8. The van der Waals surface area contributed by atoms with E-state index in [9.17, 15) is 8.42 Å². The van der Waals surface area contributed by atoms with Gasteiger partial charge in [-0.2, -0.15) is 0 Å². The topological polar surface area (TPSA) is 40.6 Å². The minimum atomic E-state index is -3.62. The number of hydrogen-bond donors (Lipinski definition) is 0. The standard InChI is InChI=1S/C32H40N2O2S/c1-6-33(7-2)29-20-16-27(17-21-29)12-10-11-13-32(37(35,36)31-24-14-26(5)15-25-31)28-18-22-30(23-19-28)34(8-3)9-4/h10-25,32H,6-9H2,1-5H3. The van der Waals surface area contributed by atoms with Gasteiger partial charge in [0, 0.05) is 37.6 Å². The van der Waals surface area contributed by atoms with Crippen molar-refractivity contribution in [3.63, 3.8) is 0 Å². The van der Waals surface area contributed by atoms with E-state index in [1.54, 1.807) is 18.2 Å². The maximum absolute atomic E-state index is 13.7. The number of anilines is 2. The second kappa shape index (κ2) is 13.3. The summed E-state index contributed by atoms with van der Waals surface area (Å²) in [5, 5.41) is -0.782. The Hall–Kier alpha value is -3.31. The third kappa shape index (κ3) is 7.14. The predicted octanol–water partition coefficient (Wildman–Crippen LogP) is 7.47. The second-order valence-electron chi connectivity index (χ2n) is 9.05. The van der Waals surface area contributed by atoms with Gasteiger partial charge in [-0.1, -0.05) is 66.3 Å². The fourth-order valence-electron chi connectivity index (χ4n) is 4.45. The number of allylic oxidation sites excluding steroid dienone is 2. The highest BCUT2D eigenvalue weighted by Gasteiger charge is 2.27. The molecule has 0 saturated heterocycles. The van der Waals surface area contributed by atoms with Crippen molar-refractivity contribution < 1.29 is 8.42 Å². The number of benzene rings is 3. The predicted molar refractivity (Wildman–Crippen MR) is 159 cm³/mol. The molecular weight excluding hydrogens is 476 g/mol. The van der Waals surface area contributed by atoms with Crippen molar-refractivity contribution in [1.82, 2.24) is 0 Å². The molecule has 196 valence electrons. The summed E-state index contributed by atoms with van der Waals surface area (Å²) in [5.74, 6) is 0. The van der Waals surface area contributed by atoms with Gasteiger partial charge in [-0.15, -0.1) is 0 Å². The highest BCUT2D eigenvalue weighted by atomic mass is 32.2. The van der Waals surface area contributed by atoms with Gasteiger partial charge >= 0.3 is 0 Å². The first-order chi connectivity index (χ1) is 17.8. The van der Waals surface area contributed by atoms with Crippen molar-refractivity contribution in [3.05, 3.63) is 108 Å². The fraction of sp³-hybridized carbons (Fsp3) is 0.312. The van der Waals surface area contributed by atoms with E-state index in [-0.39, 0.29) is 0 Å². The van der Waals surface area contributed by atoms with E-state index in [0.717, 1.165) is 48.6 Å². The Morgan fingerprint density at radius 2 is 1.16 bits per heavy atom. The number of aryl methyl sites for hydroxylation is 1. The first-order valence-corrected chi connectivity index (χ1v) is 14.7. The molecule has 37 heavy (non-hydrogen) atoms. The van der Waals surface area contributed by atoms with Gasteiger partial charge in [0.1, 0.15) is 5.25 Å². The first kappa shape index (κ1) is 28.3. The summed E-state index contributed by atoms with van der Waals surface area (Å²) >= 11 is 0. The van der Waals surface area contributed by atoms with Crippen molar-refractivity contribution in [2.24, 2.45) is 0 Å². The van der Waals surface area contributed by atoms with Gasteiger partial charge in [0.05, 0.1) is 4.90 Å². The van der Waals surface area contributed by atoms with Crippen LogP contribution in [0.25, 0.3) is 6.08 Å². The largest absolute Gasteiger partial charge is 0.372 e. The molecule has 0 N–H and O–H groups in total. The van der Waals surface area contributed by atoms with Crippen LogP contribution in [0.1, 0.15) is 49.6 Å². The summed E-state index contributed by atoms with van der Waals surface area (Å²) in [4.78, 5) is 4.88. The molecule has 0 spiro atoms. The molecule has 3 aromatic rings. The van der Waals surface area contributed by atoms with Crippen LogP contribution in [-0.4, -0.2) is 34.6 Å². The van der Waals surface area contributed by atoms with E-state index in [4.69, 9.17) is 0 Å². The normalized spacial score (nSPS) is 12.8. The van der Waals surface area contributed by atoms with E-state index in [0.29, 0.717) is 4.90 Å². The van der Waals surface area contributed by atoms with Crippen LogP contribution in [-0.2, 0) is 9.84 Å². The van der Waals surface area contributed by atoms with E-state index in [1.807, 2.05) is 61.5 Å². The number of hydrogen-bond acceptors (Lipinski definition) is 4. The molecule has 0 aliphatic rings. The molecule has 0 saturated carbocycles. The summed E-state index contributed by atoms with van der Waals surface area (Å²) < 4.78 is 27.4. The molecular formula is C32H40N2O2S. The fourth-order valence-corrected chi connectivity index (χ4v) is 6.07. The molecule has 0 aliphatic carbocycles. The lowest BCUT2D eigenvalue weighted by atomic mass is 10.1. The van der Waals surface area contributed by atoms with Gasteiger partial charge in [0.25, 0.3) is 0 Å². The monoisotopic (exact) mass is 516 g/mol. The molecule has 0 fully saturated rings. The van der Waals surface area contributed by atoms with E-state index in [1.165, 1.54) is 5.69 Å². The van der Waals surface area contributed by atoms with Crippen LogP contribution in [0.2, 0.25) is 0 Å². The average Bonchev–Trinajstić information content (AvgIpc) is 2.91. The third-order valence-electron chi connectivity index (χ3n) is 6.74. The molecule has 0 bridgehead atoms. The van der Waals surface area contributed by atoms with Crippen LogP contribution in [0.4, 0.5) is 11.4 Å². The van der Waals surface area contributed by atoms with Crippen molar-refractivity contribution in [2.45, 2.75) is 44.8 Å². The maximum atomic E-state index is 13.7. The lowest BCUT2D eigenvalue weighted by Gasteiger charge is -2.22. The van der Waals surface area contributed by atoms with Crippen LogP contribution >= 0.6 is 0 Å². The molecule has 5 heteroatoms. The molecule has 1 atom stereocenters. The smallest absolute Gasteiger partial charge is 0.188 e. The summed E-state index contributed by atoms with van der Waals surface area (Å²) in [7, 11) is -3.62. The number of nitrogens with zero attached hydrogens (tertiary/aromatic N) is 2. The minimum Gasteiger partial charge on any atom is -0.372 e. The van der Waals surface area contributed by atoms with Crippen molar-refractivity contribution in [2.75, 3.05) is 36.0 Å². The molecule has 0 amide bonds. The SMILES string of the molecule is CCN(CC)c1ccc(C=CC=CC(c2ccc(N(CC)CC)cc2)S(=O)(=O)c2ccc(C)cc2)cc1. The average molecular weight is 517 g/mol. The molecule has 4 nitrogen and oxygen atoms in total. The second-order valence-corrected chi connectivity index (χ2v) is 11.1. The van der Waals surface area contributed by atoms with Crippen molar-refractivity contribution >= 4 is 27.3 Å². The first-order valence-electron chi connectivity index (χ1n) is 13.2. The minimum absolute atomic E-state index is 0.330. The van der Waals surface area contributed by atoms with Gasteiger partial charge < -0.3 is 9.80 Å². The Bertz CT molecular complexity index is 1270. The van der Waals surface area contributed by atoms with Crippen LogP contribution < -0.4 is 9.80 Å². The lowest BCUT2D eigenvalue weighted by molar-refractivity contribution is 0.590. The van der Waals surface area contributed by atoms with Crippen LogP contribution in [0.15, 0.2) is 95.9 Å². The number of sulfone groups is 1. The molecule has 0 heterocycles.